The topological polar surface area (TPSA) is 98.5 Å². The summed E-state index contributed by atoms with van der Waals surface area (Å²) in [6, 6.07) is 28.6. The largest absolute Gasteiger partial charge is 0.390 e. The molecule has 0 fully saturated rings. The van der Waals surface area contributed by atoms with Gasteiger partial charge in [0.25, 0.3) is 0 Å². The average Bonchev–Trinajstić information content (AvgIpc) is 2.88. The van der Waals surface area contributed by atoms with Crippen LogP contribution in [0.2, 0.25) is 0 Å². The van der Waals surface area contributed by atoms with Crippen LogP contribution in [0.15, 0.2) is 96.1 Å². The number of ether oxygens (including phenoxy) is 1. The van der Waals surface area contributed by atoms with Crippen molar-refractivity contribution < 1.29 is 14.9 Å². The Bertz CT molecular complexity index is 912. The molecule has 0 saturated heterocycles. The molecule has 0 saturated carbocycles. The molecule has 33 heavy (non-hydrogen) atoms. The summed E-state index contributed by atoms with van der Waals surface area (Å²) in [6.45, 7) is 1.94. The first-order valence-corrected chi connectivity index (χ1v) is 11.3. The monoisotopic (exact) mass is 445 g/mol. The highest BCUT2D eigenvalue weighted by Crippen LogP contribution is 2.40. The number of benzene rings is 3. The fourth-order valence-corrected chi connectivity index (χ4v) is 4.09. The fraction of sp³-hybridized carbons (Fsp3) is 0.333. The van der Waals surface area contributed by atoms with Gasteiger partial charge in [-0.2, -0.15) is 0 Å². The van der Waals surface area contributed by atoms with E-state index >= 15 is 0 Å². The Labute approximate surface area is 195 Å². The summed E-state index contributed by atoms with van der Waals surface area (Å²) in [7, 11) is 0. The number of hydrogen-bond donors (Lipinski definition) is 2. The van der Waals surface area contributed by atoms with E-state index in [4.69, 9.17) is 10.3 Å². The van der Waals surface area contributed by atoms with E-state index in [2.05, 4.69) is 10.0 Å². The molecule has 0 aromatic heterocycles. The van der Waals surface area contributed by atoms with Crippen LogP contribution in [0.4, 0.5) is 0 Å². The van der Waals surface area contributed by atoms with Gasteiger partial charge in [0.15, 0.2) is 0 Å². The summed E-state index contributed by atoms with van der Waals surface area (Å²) in [4.78, 5) is 2.91. The number of rotatable bonds is 12. The van der Waals surface area contributed by atoms with Gasteiger partial charge in [0, 0.05) is 4.91 Å². The molecule has 3 atom stereocenters. The predicted molar refractivity (Wildman–Crippen MR) is 130 cm³/mol. The van der Waals surface area contributed by atoms with Crippen LogP contribution in [-0.2, 0) is 10.3 Å². The van der Waals surface area contributed by atoms with E-state index in [1.54, 1.807) is 0 Å². The van der Waals surface area contributed by atoms with Crippen molar-refractivity contribution in [2.75, 3.05) is 6.61 Å². The van der Waals surface area contributed by atoms with Crippen molar-refractivity contribution in [2.45, 2.75) is 50.0 Å². The second kappa shape index (κ2) is 12.2. The molecular formula is C27H31N3O3. The minimum absolute atomic E-state index is 0.0763. The number of aliphatic hydroxyl groups excluding tert-OH is 2. The van der Waals surface area contributed by atoms with Gasteiger partial charge >= 0.3 is 0 Å². The third-order valence-corrected chi connectivity index (χ3v) is 5.85. The summed E-state index contributed by atoms with van der Waals surface area (Å²) in [6.07, 6.45) is -0.137. The summed E-state index contributed by atoms with van der Waals surface area (Å²) < 4.78 is 6.64. The molecule has 3 aromatic carbocycles. The summed E-state index contributed by atoms with van der Waals surface area (Å²) in [5.41, 5.74) is 10.9. The standard InChI is InChI=1S/C27H31N3O3/c1-2-3-19-25(31)26(32)24(29-30-28)20-33-27(21-13-7-4-8-14-21,22-15-9-5-10-16-22)23-17-11-6-12-18-23/h4-18,24-26,31-32H,2-3,19-20H2,1H3. The van der Waals surface area contributed by atoms with Gasteiger partial charge in [-0.05, 0) is 28.6 Å². The molecule has 6 heteroatoms. The number of nitrogens with zero attached hydrogens (tertiary/aromatic N) is 3. The lowest BCUT2D eigenvalue weighted by atomic mass is 9.80. The number of azide groups is 1. The smallest absolute Gasteiger partial charge is 0.143 e. The van der Waals surface area contributed by atoms with E-state index in [0.717, 1.165) is 29.5 Å². The van der Waals surface area contributed by atoms with Crippen molar-refractivity contribution in [1.82, 2.24) is 0 Å². The molecule has 0 aliphatic carbocycles. The first-order chi connectivity index (χ1) is 16.1. The van der Waals surface area contributed by atoms with Crippen molar-refractivity contribution in [3.05, 3.63) is 118 Å². The van der Waals surface area contributed by atoms with Gasteiger partial charge in [0.2, 0.25) is 0 Å². The molecule has 172 valence electrons. The molecule has 0 aliphatic rings. The van der Waals surface area contributed by atoms with Gasteiger partial charge in [-0.15, -0.1) is 0 Å². The Morgan fingerprint density at radius 2 is 1.30 bits per heavy atom. The normalized spacial score (nSPS) is 14.2. The molecule has 2 N–H and O–H groups in total. The lowest BCUT2D eigenvalue weighted by Crippen LogP contribution is -2.42. The van der Waals surface area contributed by atoms with Gasteiger partial charge in [0.05, 0.1) is 24.9 Å². The molecule has 6 nitrogen and oxygen atoms in total. The van der Waals surface area contributed by atoms with E-state index in [9.17, 15) is 10.2 Å². The van der Waals surface area contributed by atoms with Gasteiger partial charge in [-0.3, -0.25) is 0 Å². The molecule has 0 radical (unpaired) electrons. The number of unbranched alkanes of at least 4 members (excludes halogenated alkanes) is 1. The highest BCUT2D eigenvalue weighted by Gasteiger charge is 2.39. The minimum Gasteiger partial charge on any atom is -0.390 e. The lowest BCUT2D eigenvalue weighted by molar-refractivity contribution is -0.0499. The van der Waals surface area contributed by atoms with Crippen molar-refractivity contribution in [3.8, 4) is 0 Å². The Hall–Kier alpha value is -3.15. The van der Waals surface area contributed by atoms with Crippen LogP contribution in [0.5, 0.6) is 0 Å². The van der Waals surface area contributed by atoms with Crippen molar-refractivity contribution in [2.24, 2.45) is 5.11 Å². The maximum absolute atomic E-state index is 10.7. The maximum atomic E-state index is 10.7. The van der Waals surface area contributed by atoms with Crippen LogP contribution in [0.3, 0.4) is 0 Å². The van der Waals surface area contributed by atoms with E-state index in [0.29, 0.717) is 6.42 Å². The van der Waals surface area contributed by atoms with Crippen molar-refractivity contribution in [1.29, 1.82) is 0 Å². The minimum atomic E-state index is -1.23. The van der Waals surface area contributed by atoms with Crippen LogP contribution >= 0.6 is 0 Å². The maximum Gasteiger partial charge on any atom is 0.143 e. The Morgan fingerprint density at radius 1 is 0.848 bits per heavy atom. The van der Waals surface area contributed by atoms with E-state index in [1.807, 2.05) is 97.9 Å². The fourth-order valence-electron chi connectivity index (χ4n) is 4.09. The molecule has 3 aromatic rings. The lowest BCUT2D eigenvalue weighted by Gasteiger charge is -2.37. The molecule has 0 bridgehead atoms. The third kappa shape index (κ3) is 5.81. The Balaban J connectivity index is 2.05. The van der Waals surface area contributed by atoms with Gasteiger partial charge < -0.3 is 14.9 Å². The van der Waals surface area contributed by atoms with Gasteiger partial charge in [-0.1, -0.05) is 116 Å². The summed E-state index contributed by atoms with van der Waals surface area (Å²) in [5, 5.41) is 25.0. The molecule has 3 rings (SSSR count). The number of hydrogen-bond acceptors (Lipinski definition) is 4. The van der Waals surface area contributed by atoms with Crippen molar-refractivity contribution >= 4 is 0 Å². The molecule has 0 amide bonds. The molecule has 0 heterocycles. The second-order valence-electron chi connectivity index (χ2n) is 8.06. The SMILES string of the molecule is CCCCC(O)C(O)C(COC(c1ccccc1)(c1ccccc1)c1ccccc1)N=[N+]=[N-]. The second-order valence-corrected chi connectivity index (χ2v) is 8.06. The zero-order chi connectivity index (χ0) is 23.5. The van der Waals surface area contributed by atoms with E-state index < -0.39 is 23.9 Å². The number of aliphatic hydroxyl groups is 2. The van der Waals surface area contributed by atoms with Crippen LogP contribution < -0.4 is 0 Å². The summed E-state index contributed by atoms with van der Waals surface area (Å²) in [5.74, 6) is 0. The van der Waals surface area contributed by atoms with E-state index in [1.165, 1.54) is 0 Å². The predicted octanol–water partition coefficient (Wildman–Crippen LogP) is 5.59. The first-order valence-electron chi connectivity index (χ1n) is 11.3. The zero-order valence-corrected chi connectivity index (χ0v) is 18.9. The molecule has 3 unspecified atom stereocenters. The average molecular weight is 446 g/mol. The Morgan fingerprint density at radius 3 is 1.70 bits per heavy atom. The van der Waals surface area contributed by atoms with E-state index in [-0.39, 0.29) is 6.61 Å². The third-order valence-electron chi connectivity index (χ3n) is 5.85. The highest BCUT2D eigenvalue weighted by atomic mass is 16.5. The van der Waals surface area contributed by atoms with Crippen LogP contribution in [-0.4, -0.2) is 35.1 Å². The quantitative estimate of drug-likeness (QED) is 0.165. The Kier molecular flexibility index (Phi) is 9.04. The van der Waals surface area contributed by atoms with Crippen LogP contribution in [0.25, 0.3) is 10.4 Å². The van der Waals surface area contributed by atoms with Crippen LogP contribution in [0, 0.1) is 0 Å². The molecule has 0 spiro atoms. The van der Waals surface area contributed by atoms with Gasteiger partial charge in [-0.25, -0.2) is 0 Å². The molecule has 0 aliphatic heterocycles. The first kappa shape index (κ1) is 24.5. The van der Waals surface area contributed by atoms with Gasteiger partial charge in [0.1, 0.15) is 5.60 Å². The highest BCUT2D eigenvalue weighted by molar-refractivity contribution is 5.47. The van der Waals surface area contributed by atoms with Crippen LogP contribution in [0.1, 0.15) is 42.9 Å². The summed E-state index contributed by atoms with van der Waals surface area (Å²) >= 11 is 0. The van der Waals surface area contributed by atoms with Crippen molar-refractivity contribution in [3.63, 3.8) is 0 Å². The molecular weight excluding hydrogens is 414 g/mol. The zero-order valence-electron chi connectivity index (χ0n) is 18.9.